The monoisotopic (exact) mass is 469 g/mol. The summed E-state index contributed by atoms with van der Waals surface area (Å²) < 4.78 is 6.25. The molecule has 0 unspecified atom stereocenters. The van der Waals surface area contributed by atoms with E-state index in [1.165, 1.54) is 12.3 Å². The van der Waals surface area contributed by atoms with Crippen LogP contribution >= 0.6 is 27.7 Å². The van der Waals surface area contributed by atoms with Crippen molar-refractivity contribution in [3.63, 3.8) is 0 Å². The molecule has 2 amide bonds. The normalized spacial score (nSPS) is 15.5. The second kappa shape index (κ2) is 7.81. The van der Waals surface area contributed by atoms with Crippen molar-refractivity contribution in [3.05, 3.63) is 85.5 Å². The van der Waals surface area contributed by atoms with E-state index in [2.05, 4.69) is 15.9 Å². The Balaban J connectivity index is 1.62. The molecule has 0 spiro atoms. The molecule has 0 saturated carbocycles. The predicted octanol–water partition coefficient (Wildman–Crippen LogP) is 4.47. The third-order valence-electron chi connectivity index (χ3n) is 4.32. The van der Waals surface area contributed by atoms with Gasteiger partial charge in [-0.25, -0.2) is 0 Å². The Hall–Kier alpha value is -2.97. The summed E-state index contributed by atoms with van der Waals surface area (Å²) in [5.41, 5.74) is 0.658. The maximum Gasteiger partial charge on any atom is 0.293 e. The minimum Gasteiger partial charge on any atom is -0.463 e. The van der Waals surface area contributed by atoms with E-state index in [4.69, 9.17) is 4.42 Å². The zero-order valence-electron chi connectivity index (χ0n) is 14.8. The number of thioether (sulfide) groups is 1. The van der Waals surface area contributed by atoms with E-state index in [1.54, 1.807) is 48.5 Å². The van der Waals surface area contributed by atoms with E-state index in [0.717, 1.165) is 9.37 Å². The first-order chi connectivity index (χ1) is 13.9. The van der Waals surface area contributed by atoms with Gasteiger partial charge in [-0.05, 0) is 36.0 Å². The molecule has 0 aliphatic carbocycles. The van der Waals surface area contributed by atoms with Gasteiger partial charge in [0.25, 0.3) is 11.1 Å². The van der Waals surface area contributed by atoms with Gasteiger partial charge < -0.3 is 4.42 Å². The predicted molar refractivity (Wildman–Crippen MR) is 114 cm³/mol. The fraction of sp³-hybridized carbons (Fsp3) is 0.0476. The molecule has 2 heterocycles. The number of rotatable bonds is 4. The molecule has 0 atom stereocenters. The number of nitrogens with zero attached hydrogens (tertiary/aromatic N) is 1. The molecule has 1 fully saturated rings. The summed E-state index contributed by atoms with van der Waals surface area (Å²) in [6, 6.07) is 13.4. The Morgan fingerprint density at radius 2 is 1.86 bits per heavy atom. The first-order valence-corrected chi connectivity index (χ1v) is 10.1. The van der Waals surface area contributed by atoms with Gasteiger partial charge in [0.1, 0.15) is 11.8 Å². The number of carbonyl (C=O) groups excluding carboxylic acids is 3. The number of fused-ring (bicyclic) bond motifs is 1. The second-order valence-electron chi connectivity index (χ2n) is 6.22. The van der Waals surface area contributed by atoms with Crippen LogP contribution in [0.5, 0.6) is 0 Å². The highest BCUT2D eigenvalue weighted by molar-refractivity contribution is 9.10. The number of ketones is 1. The van der Waals surface area contributed by atoms with E-state index >= 15 is 0 Å². The summed E-state index contributed by atoms with van der Waals surface area (Å²) in [5, 5.41) is -0.194. The fourth-order valence-corrected chi connectivity index (χ4v) is 4.02. The molecule has 0 radical (unpaired) electrons. The van der Waals surface area contributed by atoms with Crippen LogP contribution in [0.1, 0.15) is 15.9 Å². The summed E-state index contributed by atoms with van der Waals surface area (Å²) in [7, 11) is 0. The molecule has 8 heteroatoms. The number of imide groups is 1. The summed E-state index contributed by atoms with van der Waals surface area (Å²) >= 11 is 4.00. The lowest BCUT2D eigenvalue weighted by Gasteiger charge is -2.11. The molecule has 4 rings (SSSR count). The Kier molecular flexibility index (Phi) is 5.21. The lowest BCUT2D eigenvalue weighted by molar-refractivity contribution is -0.122. The number of hydrogen-bond donors (Lipinski definition) is 0. The van der Waals surface area contributed by atoms with Crippen LogP contribution in [0.4, 0.5) is 4.79 Å². The molecular weight excluding hydrogens is 458 g/mol. The van der Waals surface area contributed by atoms with Crippen LogP contribution in [-0.4, -0.2) is 28.4 Å². The Morgan fingerprint density at radius 1 is 1.10 bits per heavy atom. The second-order valence-corrected chi connectivity index (χ2v) is 8.13. The zero-order chi connectivity index (χ0) is 20.5. The number of amides is 2. The summed E-state index contributed by atoms with van der Waals surface area (Å²) in [6.45, 7) is -0.355. The molecule has 6 nitrogen and oxygen atoms in total. The topological polar surface area (TPSA) is 84.7 Å². The van der Waals surface area contributed by atoms with Crippen molar-refractivity contribution in [2.24, 2.45) is 0 Å². The quantitative estimate of drug-likeness (QED) is 0.413. The molecule has 1 aromatic heterocycles. The van der Waals surface area contributed by atoms with Gasteiger partial charge in [0, 0.05) is 10.0 Å². The van der Waals surface area contributed by atoms with Crippen molar-refractivity contribution in [1.29, 1.82) is 0 Å². The number of benzene rings is 2. The molecular formula is C21H12BrNO5S. The SMILES string of the molecule is O=C(CN1C(=O)S/C(=C\c2coc3cc(Br)ccc3c2=O)C1=O)c1ccccc1. The van der Waals surface area contributed by atoms with Gasteiger partial charge in [-0.3, -0.25) is 24.1 Å². The molecule has 1 aliphatic rings. The van der Waals surface area contributed by atoms with Gasteiger partial charge in [0.15, 0.2) is 11.2 Å². The number of Topliss-reactive ketones (excluding diaryl/α,β-unsaturated/α-hetero) is 1. The van der Waals surface area contributed by atoms with E-state index in [9.17, 15) is 19.2 Å². The number of halogens is 1. The van der Waals surface area contributed by atoms with Crippen molar-refractivity contribution in [2.75, 3.05) is 6.54 Å². The Bertz CT molecular complexity index is 1250. The van der Waals surface area contributed by atoms with Crippen LogP contribution in [0.25, 0.3) is 17.0 Å². The third kappa shape index (κ3) is 3.81. The van der Waals surface area contributed by atoms with Gasteiger partial charge in [0.2, 0.25) is 0 Å². The lowest BCUT2D eigenvalue weighted by Crippen LogP contribution is -2.33. The molecule has 0 bridgehead atoms. The van der Waals surface area contributed by atoms with Gasteiger partial charge in [-0.1, -0.05) is 46.3 Å². The first kappa shape index (κ1) is 19.4. The van der Waals surface area contributed by atoms with Crippen LogP contribution in [0.15, 0.2) is 73.4 Å². The highest BCUT2D eigenvalue weighted by Crippen LogP contribution is 2.32. The molecule has 144 valence electrons. The van der Waals surface area contributed by atoms with Gasteiger partial charge in [-0.15, -0.1) is 0 Å². The van der Waals surface area contributed by atoms with E-state index in [-0.39, 0.29) is 28.2 Å². The minimum atomic E-state index is -0.611. The molecule has 1 aliphatic heterocycles. The first-order valence-electron chi connectivity index (χ1n) is 8.49. The van der Waals surface area contributed by atoms with Crippen molar-refractivity contribution < 1.29 is 18.8 Å². The van der Waals surface area contributed by atoms with E-state index < -0.39 is 11.1 Å². The maximum absolute atomic E-state index is 12.7. The number of carbonyl (C=O) groups is 3. The van der Waals surface area contributed by atoms with Crippen LogP contribution in [0, 0.1) is 0 Å². The van der Waals surface area contributed by atoms with Crippen molar-refractivity contribution in [1.82, 2.24) is 4.90 Å². The van der Waals surface area contributed by atoms with Gasteiger partial charge >= 0.3 is 0 Å². The average Bonchev–Trinajstić information content (AvgIpc) is 2.98. The highest BCUT2D eigenvalue weighted by atomic mass is 79.9. The molecule has 2 aromatic carbocycles. The largest absolute Gasteiger partial charge is 0.463 e. The minimum absolute atomic E-state index is 0.0691. The smallest absolute Gasteiger partial charge is 0.293 e. The highest BCUT2D eigenvalue weighted by Gasteiger charge is 2.36. The fourth-order valence-electron chi connectivity index (χ4n) is 2.85. The third-order valence-corrected chi connectivity index (χ3v) is 5.72. The van der Waals surface area contributed by atoms with Crippen molar-refractivity contribution in [3.8, 4) is 0 Å². The van der Waals surface area contributed by atoms with Crippen LogP contribution in [0.2, 0.25) is 0 Å². The van der Waals surface area contributed by atoms with E-state index in [0.29, 0.717) is 28.3 Å². The standard InChI is InChI=1S/C21H12BrNO5S/c22-14-6-7-15-17(9-14)28-11-13(19(15)25)8-18-20(26)23(21(27)29-18)10-16(24)12-4-2-1-3-5-12/h1-9,11H,10H2/b18-8-. The molecule has 29 heavy (non-hydrogen) atoms. The van der Waals surface area contributed by atoms with Gasteiger partial charge in [0.05, 0.1) is 22.4 Å². The average molecular weight is 470 g/mol. The summed E-state index contributed by atoms with van der Waals surface area (Å²) in [6.07, 6.45) is 2.57. The zero-order valence-corrected chi connectivity index (χ0v) is 17.2. The lowest BCUT2D eigenvalue weighted by atomic mass is 10.1. The molecule has 3 aromatic rings. The maximum atomic E-state index is 12.7. The van der Waals surface area contributed by atoms with E-state index in [1.807, 2.05) is 0 Å². The summed E-state index contributed by atoms with van der Waals surface area (Å²) in [4.78, 5) is 50.8. The molecule has 0 N–H and O–H groups in total. The van der Waals surface area contributed by atoms with Crippen LogP contribution in [0.3, 0.4) is 0 Å². The Labute approximate surface area is 177 Å². The van der Waals surface area contributed by atoms with Crippen molar-refractivity contribution >= 4 is 61.7 Å². The number of hydrogen-bond acceptors (Lipinski definition) is 6. The van der Waals surface area contributed by atoms with Gasteiger partial charge in [-0.2, -0.15) is 0 Å². The molecule has 1 saturated heterocycles. The summed E-state index contributed by atoms with van der Waals surface area (Å²) in [5.74, 6) is -0.954. The Morgan fingerprint density at radius 3 is 2.62 bits per heavy atom. The van der Waals surface area contributed by atoms with Crippen LogP contribution < -0.4 is 5.43 Å². The van der Waals surface area contributed by atoms with Crippen molar-refractivity contribution in [2.45, 2.75) is 0 Å². The van der Waals surface area contributed by atoms with Crippen LogP contribution in [-0.2, 0) is 4.79 Å².